The zero-order valence-electron chi connectivity index (χ0n) is 9.37. The Balaban J connectivity index is 2.14. The third kappa shape index (κ3) is 3.06. The van der Waals surface area contributed by atoms with E-state index in [2.05, 4.69) is 0 Å². The van der Waals surface area contributed by atoms with Crippen LogP contribution in [0.25, 0.3) is 0 Å². The third-order valence-corrected chi connectivity index (χ3v) is 4.25. The topological polar surface area (TPSA) is 99.3 Å². The first-order chi connectivity index (χ1) is 8.47. The largest absolute Gasteiger partial charge is 0.468 e. The van der Waals surface area contributed by atoms with Gasteiger partial charge in [-0.05, 0) is 30.3 Å². The van der Waals surface area contributed by atoms with Gasteiger partial charge in [0.05, 0.1) is 17.7 Å². The van der Waals surface area contributed by atoms with Gasteiger partial charge >= 0.3 is 0 Å². The van der Waals surface area contributed by atoms with Gasteiger partial charge in [0.1, 0.15) is 10.7 Å². The van der Waals surface area contributed by atoms with Crippen molar-refractivity contribution in [1.82, 2.24) is 0 Å². The molecule has 0 bridgehead atoms. The van der Waals surface area contributed by atoms with Gasteiger partial charge in [-0.2, -0.15) is 0 Å². The molecule has 0 aliphatic heterocycles. The van der Waals surface area contributed by atoms with Crippen molar-refractivity contribution < 1.29 is 12.8 Å². The number of nitrogen functional groups attached to an aromatic ring is 1. The summed E-state index contributed by atoms with van der Waals surface area (Å²) in [5, 5.41) is 5.03. The molecule has 7 heteroatoms. The second kappa shape index (κ2) is 5.05. The molecule has 0 aliphatic rings. The van der Waals surface area contributed by atoms with Crippen LogP contribution in [-0.4, -0.2) is 8.42 Å². The van der Waals surface area contributed by atoms with E-state index in [1.165, 1.54) is 17.8 Å². The molecule has 1 heterocycles. The van der Waals surface area contributed by atoms with Crippen molar-refractivity contribution in [3.05, 3.63) is 42.4 Å². The molecular weight excluding hydrogens is 272 g/mol. The fraction of sp³-hybridized carbons (Fsp3) is 0.0909. The first-order valence-corrected chi connectivity index (χ1v) is 7.57. The summed E-state index contributed by atoms with van der Waals surface area (Å²) in [7, 11) is -3.76. The number of hydrogen-bond donors (Lipinski definition) is 2. The SMILES string of the molecule is Nc1cc(SCc2ccco2)ccc1S(N)(=O)=O. The second-order valence-corrected chi connectivity index (χ2v) is 6.19. The van der Waals surface area contributed by atoms with Crippen molar-refractivity contribution in [2.75, 3.05) is 5.73 Å². The number of nitrogens with two attached hydrogens (primary N) is 2. The lowest BCUT2D eigenvalue weighted by Crippen LogP contribution is -2.14. The van der Waals surface area contributed by atoms with Crippen molar-refractivity contribution in [2.24, 2.45) is 5.14 Å². The first kappa shape index (κ1) is 13.0. The maximum absolute atomic E-state index is 11.2. The van der Waals surface area contributed by atoms with Gasteiger partial charge in [0.25, 0.3) is 0 Å². The minimum atomic E-state index is -3.76. The number of rotatable bonds is 4. The maximum Gasteiger partial charge on any atom is 0.240 e. The summed E-state index contributed by atoms with van der Waals surface area (Å²) < 4.78 is 27.6. The van der Waals surface area contributed by atoms with Crippen LogP contribution in [0, 0.1) is 0 Å². The number of primary sulfonamides is 1. The van der Waals surface area contributed by atoms with Crippen LogP contribution in [0.1, 0.15) is 5.76 Å². The van der Waals surface area contributed by atoms with Crippen molar-refractivity contribution in [2.45, 2.75) is 15.5 Å². The smallest absolute Gasteiger partial charge is 0.240 e. The minimum Gasteiger partial charge on any atom is -0.468 e. The summed E-state index contributed by atoms with van der Waals surface area (Å²) in [5.74, 6) is 1.50. The highest BCUT2D eigenvalue weighted by Crippen LogP contribution is 2.27. The van der Waals surface area contributed by atoms with Crippen molar-refractivity contribution >= 4 is 27.5 Å². The zero-order valence-corrected chi connectivity index (χ0v) is 11.0. The molecule has 1 aromatic heterocycles. The first-order valence-electron chi connectivity index (χ1n) is 5.04. The minimum absolute atomic E-state index is 0.0511. The highest BCUT2D eigenvalue weighted by molar-refractivity contribution is 7.98. The van der Waals surface area contributed by atoms with E-state index in [1.807, 2.05) is 12.1 Å². The van der Waals surface area contributed by atoms with E-state index in [0.29, 0.717) is 5.75 Å². The van der Waals surface area contributed by atoms with E-state index in [0.717, 1.165) is 10.7 Å². The molecule has 18 heavy (non-hydrogen) atoms. The van der Waals surface area contributed by atoms with Gasteiger partial charge in [0, 0.05) is 4.90 Å². The molecule has 0 aliphatic carbocycles. The molecule has 0 saturated carbocycles. The number of furan rings is 1. The molecule has 1 aromatic carbocycles. The molecule has 0 radical (unpaired) electrons. The highest BCUT2D eigenvalue weighted by atomic mass is 32.2. The Morgan fingerprint density at radius 3 is 2.61 bits per heavy atom. The Labute approximate surface area is 109 Å². The monoisotopic (exact) mass is 284 g/mol. The molecule has 96 valence electrons. The lowest BCUT2D eigenvalue weighted by Gasteiger charge is -2.05. The number of anilines is 1. The molecule has 0 spiro atoms. The fourth-order valence-corrected chi connectivity index (χ4v) is 2.92. The Morgan fingerprint density at radius 1 is 1.28 bits per heavy atom. The lowest BCUT2D eigenvalue weighted by molar-refractivity contribution is 0.530. The number of benzene rings is 1. The molecule has 0 saturated heterocycles. The van der Waals surface area contributed by atoms with Crippen molar-refractivity contribution in [3.8, 4) is 0 Å². The number of thioether (sulfide) groups is 1. The number of hydrogen-bond acceptors (Lipinski definition) is 5. The van der Waals surface area contributed by atoms with E-state index < -0.39 is 10.0 Å². The molecule has 4 N–H and O–H groups in total. The Kier molecular flexibility index (Phi) is 3.65. The van der Waals surface area contributed by atoms with Crippen LogP contribution < -0.4 is 10.9 Å². The van der Waals surface area contributed by atoms with Crippen LogP contribution in [0.2, 0.25) is 0 Å². The van der Waals surface area contributed by atoms with Gasteiger partial charge in [-0.25, -0.2) is 13.6 Å². The predicted molar refractivity (Wildman–Crippen MR) is 70.5 cm³/mol. The van der Waals surface area contributed by atoms with Crippen LogP contribution in [0.4, 0.5) is 5.69 Å². The van der Waals surface area contributed by atoms with Gasteiger partial charge in [0.15, 0.2) is 0 Å². The van der Waals surface area contributed by atoms with Gasteiger partial charge in [0.2, 0.25) is 10.0 Å². The Morgan fingerprint density at radius 2 is 2.06 bits per heavy atom. The van der Waals surface area contributed by atoms with E-state index in [4.69, 9.17) is 15.3 Å². The summed E-state index contributed by atoms with van der Waals surface area (Å²) in [6.45, 7) is 0. The van der Waals surface area contributed by atoms with Gasteiger partial charge in [-0.1, -0.05) is 0 Å². The molecule has 0 unspecified atom stereocenters. The van der Waals surface area contributed by atoms with Crippen molar-refractivity contribution in [1.29, 1.82) is 0 Å². The summed E-state index contributed by atoms with van der Waals surface area (Å²) in [6, 6.07) is 8.36. The van der Waals surface area contributed by atoms with E-state index in [9.17, 15) is 8.42 Å². The summed E-state index contributed by atoms with van der Waals surface area (Å²) in [4.78, 5) is 0.807. The van der Waals surface area contributed by atoms with E-state index in [-0.39, 0.29) is 10.6 Å². The van der Waals surface area contributed by atoms with E-state index in [1.54, 1.807) is 18.4 Å². The molecule has 0 atom stereocenters. The second-order valence-electron chi connectivity index (χ2n) is 3.61. The summed E-state index contributed by atoms with van der Waals surface area (Å²) >= 11 is 1.50. The average Bonchev–Trinajstić information content (AvgIpc) is 2.77. The summed E-state index contributed by atoms with van der Waals surface area (Å²) in [6.07, 6.45) is 1.61. The number of sulfonamides is 1. The molecule has 5 nitrogen and oxygen atoms in total. The van der Waals surface area contributed by atoms with Crippen LogP contribution in [-0.2, 0) is 15.8 Å². The third-order valence-electron chi connectivity index (χ3n) is 2.25. The molecule has 0 fully saturated rings. The van der Waals surface area contributed by atoms with Gasteiger partial charge < -0.3 is 10.2 Å². The standard InChI is InChI=1S/C11H12N2O3S2/c12-10-6-9(3-4-11(10)18(13,14)15)17-7-8-2-1-5-16-8/h1-6H,7,12H2,(H2,13,14,15). The van der Waals surface area contributed by atoms with Crippen molar-refractivity contribution in [3.63, 3.8) is 0 Å². The Hall–Kier alpha value is -1.44. The molecule has 2 rings (SSSR count). The average molecular weight is 284 g/mol. The van der Waals surface area contributed by atoms with Gasteiger partial charge in [-0.15, -0.1) is 11.8 Å². The normalized spacial score (nSPS) is 11.6. The molecule has 0 amide bonds. The van der Waals surface area contributed by atoms with Crippen LogP contribution in [0.3, 0.4) is 0 Å². The lowest BCUT2D eigenvalue weighted by atomic mass is 10.3. The Bertz CT molecular complexity index is 636. The van der Waals surface area contributed by atoms with E-state index >= 15 is 0 Å². The quantitative estimate of drug-likeness (QED) is 0.658. The highest BCUT2D eigenvalue weighted by Gasteiger charge is 2.12. The maximum atomic E-state index is 11.2. The van der Waals surface area contributed by atoms with Crippen LogP contribution in [0.5, 0.6) is 0 Å². The zero-order chi connectivity index (χ0) is 13.2. The van der Waals surface area contributed by atoms with Crippen LogP contribution in [0.15, 0.2) is 50.8 Å². The molecular formula is C11H12N2O3S2. The molecule has 2 aromatic rings. The fourth-order valence-electron chi connectivity index (χ4n) is 1.42. The van der Waals surface area contributed by atoms with Gasteiger partial charge in [-0.3, -0.25) is 0 Å². The summed E-state index contributed by atoms with van der Waals surface area (Å²) in [5.41, 5.74) is 5.82. The van der Waals surface area contributed by atoms with Crippen LogP contribution >= 0.6 is 11.8 Å². The predicted octanol–water partition coefficient (Wildman–Crippen LogP) is 1.80.